The van der Waals surface area contributed by atoms with Crippen molar-refractivity contribution in [2.75, 3.05) is 5.32 Å². The number of carbonyl (C=O) groups is 1. The number of thiocarbonyl (C=S) groups is 1. The Morgan fingerprint density at radius 1 is 1.35 bits per heavy atom. The zero-order valence-electron chi connectivity index (χ0n) is 11.5. The topological polar surface area (TPSA) is 55.1 Å². The van der Waals surface area contributed by atoms with E-state index in [1.165, 1.54) is 0 Å². The fourth-order valence-electron chi connectivity index (χ4n) is 2.71. The number of nitrogens with two attached hydrogens (primary N) is 1. The third-order valence-electron chi connectivity index (χ3n) is 4.06. The minimum Gasteiger partial charge on any atom is -0.392 e. The molecule has 0 heterocycles. The average molecular weight is 311 g/mol. The molecule has 3 nitrogen and oxygen atoms in total. The first-order valence-corrected chi connectivity index (χ1v) is 7.62. The lowest BCUT2D eigenvalue weighted by atomic mass is 9.73. The van der Waals surface area contributed by atoms with E-state index >= 15 is 0 Å². The van der Waals surface area contributed by atoms with Crippen molar-refractivity contribution < 1.29 is 4.79 Å². The van der Waals surface area contributed by atoms with Crippen molar-refractivity contribution in [3.05, 3.63) is 28.8 Å². The molecule has 1 saturated carbocycles. The first kappa shape index (κ1) is 15.3. The largest absolute Gasteiger partial charge is 0.392 e. The minimum absolute atomic E-state index is 0.102. The molecule has 1 aromatic carbocycles. The second-order valence-corrected chi connectivity index (χ2v) is 6.30. The molecule has 108 valence electrons. The van der Waals surface area contributed by atoms with Crippen LogP contribution in [0.3, 0.4) is 0 Å². The summed E-state index contributed by atoms with van der Waals surface area (Å²) in [4.78, 5) is 13.0. The molecule has 0 saturated heterocycles. The highest BCUT2D eigenvalue weighted by Gasteiger charge is 2.42. The SMILES string of the molecule is Cc1ccc(Cl)cc1NC(=O)C1(C(N)=S)CCCCC1. The van der Waals surface area contributed by atoms with Gasteiger partial charge in [0.15, 0.2) is 0 Å². The number of amides is 1. The summed E-state index contributed by atoms with van der Waals surface area (Å²) in [5.41, 5.74) is 6.86. The molecule has 0 bridgehead atoms. The molecule has 0 unspecified atom stereocenters. The molecule has 1 aliphatic rings. The number of anilines is 1. The summed E-state index contributed by atoms with van der Waals surface area (Å²) in [6.07, 6.45) is 4.56. The third kappa shape index (κ3) is 2.96. The van der Waals surface area contributed by atoms with E-state index in [0.717, 1.165) is 43.4 Å². The number of hydrogen-bond acceptors (Lipinski definition) is 2. The number of benzene rings is 1. The van der Waals surface area contributed by atoms with Crippen LogP contribution in [0.1, 0.15) is 37.7 Å². The second kappa shape index (κ2) is 6.10. The molecule has 0 radical (unpaired) electrons. The van der Waals surface area contributed by atoms with Crippen LogP contribution in [0.25, 0.3) is 0 Å². The lowest BCUT2D eigenvalue weighted by molar-refractivity contribution is -0.123. The van der Waals surface area contributed by atoms with E-state index < -0.39 is 5.41 Å². The van der Waals surface area contributed by atoms with Gasteiger partial charge in [-0.15, -0.1) is 0 Å². The Morgan fingerprint density at radius 3 is 2.60 bits per heavy atom. The molecule has 5 heteroatoms. The van der Waals surface area contributed by atoms with Gasteiger partial charge in [-0.3, -0.25) is 4.79 Å². The Hall–Kier alpha value is -1.13. The maximum Gasteiger partial charge on any atom is 0.237 e. The van der Waals surface area contributed by atoms with E-state index in [4.69, 9.17) is 29.6 Å². The molecule has 1 aliphatic carbocycles. The van der Waals surface area contributed by atoms with Crippen LogP contribution in [-0.2, 0) is 4.79 Å². The zero-order chi connectivity index (χ0) is 14.8. The summed E-state index contributed by atoms with van der Waals surface area (Å²) >= 11 is 11.2. The van der Waals surface area contributed by atoms with Gasteiger partial charge in [0.2, 0.25) is 5.91 Å². The van der Waals surface area contributed by atoms with Crippen LogP contribution in [0.2, 0.25) is 5.02 Å². The maximum atomic E-state index is 12.7. The smallest absolute Gasteiger partial charge is 0.237 e. The van der Waals surface area contributed by atoms with Gasteiger partial charge in [0.25, 0.3) is 0 Å². The van der Waals surface area contributed by atoms with Crippen molar-refractivity contribution in [2.24, 2.45) is 11.1 Å². The Morgan fingerprint density at radius 2 is 2.00 bits per heavy atom. The standard InChI is InChI=1S/C15H19ClN2OS/c1-10-5-6-11(16)9-12(10)18-14(19)15(13(17)20)7-3-2-4-8-15/h5-6,9H,2-4,7-8H2,1H3,(H2,17,20)(H,18,19). The fraction of sp³-hybridized carbons (Fsp3) is 0.467. The molecule has 0 spiro atoms. The molecular formula is C15H19ClN2OS. The molecule has 1 aromatic rings. The minimum atomic E-state index is -0.706. The Labute approximate surface area is 129 Å². The van der Waals surface area contributed by atoms with Crippen molar-refractivity contribution in [1.82, 2.24) is 0 Å². The van der Waals surface area contributed by atoms with Crippen LogP contribution in [0, 0.1) is 12.3 Å². The lowest BCUT2D eigenvalue weighted by Gasteiger charge is -2.34. The maximum absolute atomic E-state index is 12.7. The van der Waals surface area contributed by atoms with Crippen molar-refractivity contribution >= 4 is 40.4 Å². The highest BCUT2D eigenvalue weighted by atomic mass is 35.5. The third-order valence-corrected chi connectivity index (χ3v) is 4.69. The van der Waals surface area contributed by atoms with Crippen LogP contribution in [0.5, 0.6) is 0 Å². The molecular weight excluding hydrogens is 292 g/mol. The lowest BCUT2D eigenvalue weighted by Crippen LogP contribution is -2.47. The summed E-state index contributed by atoms with van der Waals surface area (Å²) < 4.78 is 0. The van der Waals surface area contributed by atoms with Crippen molar-refractivity contribution in [2.45, 2.75) is 39.0 Å². The van der Waals surface area contributed by atoms with Crippen LogP contribution in [0.15, 0.2) is 18.2 Å². The predicted molar refractivity (Wildman–Crippen MR) is 87.1 cm³/mol. The Balaban J connectivity index is 2.25. The average Bonchev–Trinajstić information content (AvgIpc) is 2.43. The highest BCUT2D eigenvalue weighted by Crippen LogP contribution is 2.38. The first-order chi connectivity index (χ1) is 9.45. The summed E-state index contributed by atoms with van der Waals surface area (Å²) in [5.74, 6) is -0.102. The number of rotatable bonds is 3. The zero-order valence-corrected chi connectivity index (χ0v) is 13.1. The number of hydrogen-bond donors (Lipinski definition) is 2. The molecule has 3 N–H and O–H groups in total. The van der Waals surface area contributed by atoms with Gasteiger partial charge in [0.05, 0.1) is 10.4 Å². The quantitative estimate of drug-likeness (QED) is 0.834. The first-order valence-electron chi connectivity index (χ1n) is 6.83. The molecule has 0 aliphatic heterocycles. The second-order valence-electron chi connectivity index (χ2n) is 5.42. The van der Waals surface area contributed by atoms with E-state index in [1.807, 2.05) is 13.0 Å². The van der Waals surface area contributed by atoms with Gasteiger partial charge in [0.1, 0.15) is 0 Å². The summed E-state index contributed by atoms with van der Waals surface area (Å²) in [5, 5.41) is 3.55. The van der Waals surface area contributed by atoms with Gasteiger partial charge in [0, 0.05) is 10.7 Å². The monoisotopic (exact) mass is 310 g/mol. The number of nitrogens with one attached hydrogen (secondary N) is 1. The highest BCUT2D eigenvalue weighted by molar-refractivity contribution is 7.80. The predicted octanol–water partition coefficient (Wildman–Crippen LogP) is 3.82. The fourth-order valence-corrected chi connectivity index (χ4v) is 3.18. The van der Waals surface area contributed by atoms with Crippen LogP contribution < -0.4 is 11.1 Å². The van der Waals surface area contributed by atoms with E-state index in [9.17, 15) is 4.79 Å². The van der Waals surface area contributed by atoms with Gasteiger partial charge in [-0.25, -0.2) is 0 Å². The summed E-state index contributed by atoms with van der Waals surface area (Å²) in [6, 6.07) is 5.44. The van der Waals surface area contributed by atoms with Crippen LogP contribution in [-0.4, -0.2) is 10.9 Å². The number of carbonyl (C=O) groups excluding carboxylic acids is 1. The van der Waals surface area contributed by atoms with Crippen molar-refractivity contribution in [3.8, 4) is 0 Å². The van der Waals surface area contributed by atoms with Crippen LogP contribution in [0.4, 0.5) is 5.69 Å². The Kier molecular flexibility index (Phi) is 4.66. The van der Waals surface area contributed by atoms with E-state index in [0.29, 0.717) is 10.0 Å². The van der Waals surface area contributed by atoms with Crippen molar-refractivity contribution in [1.29, 1.82) is 0 Å². The normalized spacial score (nSPS) is 17.5. The van der Waals surface area contributed by atoms with Crippen molar-refractivity contribution in [3.63, 3.8) is 0 Å². The van der Waals surface area contributed by atoms with Gasteiger partial charge in [-0.05, 0) is 37.5 Å². The van der Waals surface area contributed by atoms with Gasteiger partial charge < -0.3 is 11.1 Å². The number of halogens is 1. The molecule has 0 atom stereocenters. The summed E-state index contributed by atoms with van der Waals surface area (Å²) in [6.45, 7) is 1.93. The molecule has 1 amide bonds. The molecule has 2 rings (SSSR count). The van der Waals surface area contributed by atoms with E-state index in [1.54, 1.807) is 12.1 Å². The Bertz CT molecular complexity index is 539. The molecule has 0 aromatic heterocycles. The van der Waals surface area contributed by atoms with E-state index in [2.05, 4.69) is 5.32 Å². The van der Waals surface area contributed by atoms with E-state index in [-0.39, 0.29) is 5.91 Å². The van der Waals surface area contributed by atoms with Gasteiger partial charge in [-0.2, -0.15) is 0 Å². The van der Waals surface area contributed by atoms with Gasteiger partial charge in [-0.1, -0.05) is 49.1 Å². The number of aryl methyl sites for hydroxylation is 1. The molecule has 20 heavy (non-hydrogen) atoms. The van der Waals surface area contributed by atoms with Gasteiger partial charge >= 0.3 is 0 Å². The molecule has 1 fully saturated rings. The van der Waals surface area contributed by atoms with Crippen LogP contribution >= 0.6 is 23.8 Å². The summed E-state index contributed by atoms with van der Waals surface area (Å²) in [7, 11) is 0.